The van der Waals surface area contributed by atoms with Gasteiger partial charge in [0.25, 0.3) is 0 Å². The Morgan fingerprint density at radius 3 is 2.09 bits per heavy atom. The van der Waals surface area contributed by atoms with Gasteiger partial charge < -0.3 is 0 Å². The molecule has 0 spiro atoms. The van der Waals surface area contributed by atoms with Gasteiger partial charge in [-0.05, 0) is 53.5 Å². The van der Waals surface area contributed by atoms with Gasteiger partial charge in [-0.1, -0.05) is 62.9 Å². The van der Waals surface area contributed by atoms with E-state index in [0.717, 1.165) is 11.1 Å². The summed E-state index contributed by atoms with van der Waals surface area (Å²) in [5, 5.41) is 0. The highest BCUT2D eigenvalue weighted by molar-refractivity contribution is 5.64. The largest absolute Gasteiger partial charge is 0.204 e. The zero-order valence-corrected chi connectivity index (χ0v) is 13.7. The van der Waals surface area contributed by atoms with Crippen molar-refractivity contribution in [3.8, 4) is 11.1 Å². The third-order valence-electron chi connectivity index (χ3n) is 5.29. The molecule has 0 nitrogen and oxygen atoms in total. The molecule has 122 valence electrons. The Balaban J connectivity index is 1.89. The van der Waals surface area contributed by atoms with Crippen LogP contribution in [0, 0.1) is 11.6 Å². The van der Waals surface area contributed by atoms with E-state index in [4.69, 9.17) is 0 Å². The Hall–Kier alpha value is -1.70. The van der Waals surface area contributed by atoms with Gasteiger partial charge in [-0.25, -0.2) is 8.78 Å². The summed E-state index contributed by atoms with van der Waals surface area (Å²) in [6, 6.07) is 12.6. The smallest absolute Gasteiger partial charge is 0.159 e. The predicted octanol–water partition coefficient (Wildman–Crippen LogP) is 6.63. The monoisotopic (exact) mass is 314 g/mol. The first-order valence-corrected chi connectivity index (χ1v) is 8.71. The van der Waals surface area contributed by atoms with E-state index in [1.807, 2.05) is 12.1 Å². The van der Waals surface area contributed by atoms with E-state index >= 15 is 0 Å². The van der Waals surface area contributed by atoms with Gasteiger partial charge in [0, 0.05) is 0 Å². The van der Waals surface area contributed by atoms with E-state index < -0.39 is 11.6 Å². The second-order valence-electron chi connectivity index (χ2n) is 6.80. The Bertz CT molecular complexity index is 647. The SMILES string of the molecule is CCCC1(c2ccc(-c3ccc(F)c(F)c3)cc2)CCCCC1. The Morgan fingerprint density at radius 2 is 1.48 bits per heavy atom. The molecule has 0 aliphatic heterocycles. The van der Waals surface area contributed by atoms with Crippen molar-refractivity contribution in [2.75, 3.05) is 0 Å². The fourth-order valence-electron chi connectivity index (χ4n) is 4.08. The van der Waals surface area contributed by atoms with Crippen LogP contribution in [0.4, 0.5) is 8.78 Å². The normalized spacial score (nSPS) is 17.2. The number of benzene rings is 2. The molecular formula is C21H24F2. The number of rotatable bonds is 4. The van der Waals surface area contributed by atoms with Crippen LogP contribution in [0.2, 0.25) is 0 Å². The molecule has 0 saturated heterocycles. The van der Waals surface area contributed by atoms with Gasteiger partial charge in [0.2, 0.25) is 0 Å². The van der Waals surface area contributed by atoms with Gasteiger partial charge in [-0.3, -0.25) is 0 Å². The first kappa shape index (κ1) is 16.2. The molecule has 0 aromatic heterocycles. The molecule has 0 heterocycles. The number of halogens is 2. The molecule has 1 saturated carbocycles. The van der Waals surface area contributed by atoms with Crippen molar-refractivity contribution in [3.63, 3.8) is 0 Å². The van der Waals surface area contributed by atoms with Gasteiger partial charge in [0.1, 0.15) is 0 Å². The minimum absolute atomic E-state index is 0.319. The van der Waals surface area contributed by atoms with Gasteiger partial charge >= 0.3 is 0 Å². The quantitative estimate of drug-likeness (QED) is 0.594. The maximum atomic E-state index is 13.4. The van der Waals surface area contributed by atoms with Crippen molar-refractivity contribution in [2.45, 2.75) is 57.3 Å². The van der Waals surface area contributed by atoms with Crippen LogP contribution in [0.25, 0.3) is 11.1 Å². The minimum Gasteiger partial charge on any atom is -0.204 e. The van der Waals surface area contributed by atoms with E-state index in [1.54, 1.807) is 6.07 Å². The highest BCUT2D eigenvalue weighted by Crippen LogP contribution is 2.43. The van der Waals surface area contributed by atoms with E-state index in [1.165, 1.54) is 62.6 Å². The maximum absolute atomic E-state index is 13.4. The minimum atomic E-state index is -0.797. The second-order valence-corrected chi connectivity index (χ2v) is 6.80. The molecule has 0 amide bonds. The molecular weight excluding hydrogens is 290 g/mol. The van der Waals surface area contributed by atoms with Crippen molar-refractivity contribution >= 4 is 0 Å². The van der Waals surface area contributed by atoms with Crippen molar-refractivity contribution in [2.24, 2.45) is 0 Å². The fourth-order valence-corrected chi connectivity index (χ4v) is 4.08. The molecule has 1 fully saturated rings. The average molecular weight is 314 g/mol. The summed E-state index contributed by atoms with van der Waals surface area (Å²) in [7, 11) is 0. The zero-order chi connectivity index (χ0) is 16.3. The van der Waals surface area contributed by atoms with Crippen molar-refractivity contribution in [1.82, 2.24) is 0 Å². The molecule has 0 atom stereocenters. The zero-order valence-electron chi connectivity index (χ0n) is 13.7. The van der Waals surface area contributed by atoms with Crippen LogP contribution in [-0.4, -0.2) is 0 Å². The highest BCUT2D eigenvalue weighted by atomic mass is 19.2. The van der Waals surface area contributed by atoms with Crippen LogP contribution in [-0.2, 0) is 5.41 Å². The summed E-state index contributed by atoms with van der Waals surface area (Å²) in [4.78, 5) is 0. The van der Waals surface area contributed by atoms with Crippen LogP contribution in [0.15, 0.2) is 42.5 Å². The second kappa shape index (κ2) is 6.82. The Kier molecular flexibility index (Phi) is 4.79. The van der Waals surface area contributed by atoms with E-state index in [2.05, 4.69) is 19.1 Å². The molecule has 0 unspecified atom stereocenters. The molecule has 0 radical (unpaired) electrons. The van der Waals surface area contributed by atoms with Gasteiger partial charge in [-0.15, -0.1) is 0 Å². The van der Waals surface area contributed by atoms with Crippen LogP contribution >= 0.6 is 0 Å². The van der Waals surface area contributed by atoms with Gasteiger partial charge in [0.15, 0.2) is 11.6 Å². The van der Waals surface area contributed by atoms with E-state index in [-0.39, 0.29) is 0 Å². The van der Waals surface area contributed by atoms with Crippen LogP contribution in [0.1, 0.15) is 57.4 Å². The molecule has 2 aromatic carbocycles. The lowest BCUT2D eigenvalue weighted by Crippen LogP contribution is -2.28. The Morgan fingerprint density at radius 1 is 0.826 bits per heavy atom. The summed E-state index contributed by atoms with van der Waals surface area (Å²) >= 11 is 0. The third-order valence-corrected chi connectivity index (χ3v) is 5.29. The summed E-state index contributed by atoms with van der Waals surface area (Å²) in [5.74, 6) is -1.59. The molecule has 23 heavy (non-hydrogen) atoms. The first-order valence-electron chi connectivity index (χ1n) is 8.71. The molecule has 3 rings (SSSR count). The van der Waals surface area contributed by atoms with Crippen LogP contribution in [0.5, 0.6) is 0 Å². The predicted molar refractivity (Wildman–Crippen MR) is 91.5 cm³/mol. The molecule has 1 aliphatic carbocycles. The maximum Gasteiger partial charge on any atom is 0.159 e. The van der Waals surface area contributed by atoms with Gasteiger partial charge in [-0.2, -0.15) is 0 Å². The number of hydrogen-bond acceptors (Lipinski definition) is 0. The van der Waals surface area contributed by atoms with Crippen LogP contribution < -0.4 is 0 Å². The van der Waals surface area contributed by atoms with Crippen molar-refractivity contribution in [3.05, 3.63) is 59.7 Å². The van der Waals surface area contributed by atoms with Gasteiger partial charge in [0.05, 0.1) is 0 Å². The van der Waals surface area contributed by atoms with Crippen molar-refractivity contribution < 1.29 is 8.78 Å². The number of hydrogen-bond donors (Lipinski definition) is 0. The topological polar surface area (TPSA) is 0 Å². The molecule has 0 bridgehead atoms. The Labute approximate surface area is 137 Å². The van der Waals surface area contributed by atoms with Crippen molar-refractivity contribution in [1.29, 1.82) is 0 Å². The molecule has 2 aromatic rings. The fraction of sp³-hybridized carbons (Fsp3) is 0.429. The first-order chi connectivity index (χ1) is 11.1. The lowest BCUT2D eigenvalue weighted by Gasteiger charge is -2.38. The highest BCUT2D eigenvalue weighted by Gasteiger charge is 2.32. The summed E-state index contributed by atoms with van der Waals surface area (Å²) in [6.45, 7) is 2.26. The van der Waals surface area contributed by atoms with E-state index in [0.29, 0.717) is 5.41 Å². The lowest BCUT2D eigenvalue weighted by molar-refractivity contribution is 0.271. The summed E-state index contributed by atoms with van der Waals surface area (Å²) in [5.41, 5.74) is 3.39. The average Bonchev–Trinajstić information content (AvgIpc) is 2.59. The standard InChI is InChI=1S/C21H24F2/c1-2-12-21(13-4-3-5-14-21)18-9-6-16(7-10-18)17-8-11-19(22)20(23)15-17/h6-11,15H,2-5,12-14H2,1H3. The molecule has 0 N–H and O–H groups in total. The lowest BCUT2D eigenvalue weighted by atomic mass is 9.67. The third kappa shape index (κ3) is 3.31. The summed E-state index contributed by atoms with van der Waals surface area (Å²) in [6.07, 6.45) is 8.94. The van der Waals surface area contributed by atoms with E-state index in [9.17, 15) is 8.78 Å². The molecule has 2 heteroatoms. The van der Waals surface area contributed by atoms with Crippen LogP contribution in [0.3, 0.4) is 0 Å². The molecule has 1 aliphatic rings. The summed E-state index contributed by atoms with van der Waals surface area (Å²) < 4.78 is 26.5.